The van der Waals surface area contributed by atoms with Crippen LogP contribution in [0.4, 0.5) is 5.82 Å². The van der Waals surface area contributed by atoms with Crippen LogP contribution in [0.1, 0.15) is 11.4 Å². The summed E-state index contributed by atoms with van der Waals surface area (Å²) in [7, 11) is 7.51. The molecule has 1 aliphatic heterocycles. The number of hydrogen-bond donors (Lipinski definition) is 1. The molecule has 4 aromatic rings. The first-order valence-electron chi connectivity index (χ1n) is 14.3. The molecule has 1 aliphatic carbocycles. The molecule has 0 spiro atoms. The summed E-state index contributed by atoms with van der Waals surface area (Å²) < 4.78 is 13.7. The number of carbonyl (C=O) groups excluding carboxylic acids is 1. The van der Waals surface area contributed by atoms with E-state index in [2.05, 4.69) is 26.8 Å². The van der Waals surface area contributed by atoms with Crippen LogP contribution >= 0.6 is 0 Å². The second-order valence-electron chi connectivity index (χ2n) is 11.4. The Labute approximate surface area is 251 Å². The largest absolute Gasteiger partial charge is 0.493 e. The van der Waals surface area contributed by atoms with Gasteiger partial charge in [0.05, 0.1) is 12.5 Å². The molecule has 2 fully saturated rings. The SMILES string of the molecule is COc1cc(-c2c(C#C[C@@H]3[C@H]4CN(C(=O)/C=C/CN(C)C)C[C@@H]34)n(C)c3ncnc(N)c23)ccc1Oc1cccc(C)n1. The van der Waals surface area contributed by atoms with E-state index in [0.717, 1.165) is 47.5 Å². The predicted molar refractivity (Wildman–Crippen MR) is 166 cm³/mol. The lowest BCUT2D eigenvalue weighted by atomic mass is 10.0. The van der Waals surface area contributed by atoms with Gasteiger partial charge >= 0.3 is 0 Å². The van der Waals surface area contributed by atoms with Gasteiger partial charge in [0.1, 0.15) is 23.5 Å². The van der Waals surface area contributed by atoms with Gasteiger partial charge in [0.2, 0.25) is 11.8 Å². The predicted octanol–water partition coefficient (Wildman–Crippen LogP) is 3.90. The van der Waals surface area contributed by atoms with Crippen molar-refractivity contribution >= 4 is 22.8 Å². The van der Waals surface area contributed by atoms with E-state index in [1.54, 1.807) is 19.3 Å². The number of anilines is 1. The number of hydrogen-bond acceptors (Lipinski definition) is 8. The van der Waals surface area contributed by atoms with Gasteiger partial charge in [-0.1, -0.05) is 24.1 Å². The maximum absolute atomic E-state index is 12.6. The average Bonchev–Trinajstić information content (AvgIpc) is 3.29. The minimum absolute atomic E-state index is 0.0744. The Morgan fingerprint density at radius 2 is 1.95 bits per heavy atom. The topological polar surface area (TPSA) is 112 Å². The fourth-order valence-corrected chi connectivity index (χ4v) is 5.84. The number of aryl methyl sites for hydroxylation is 2. The number of aromatic nitrogens is 4. The van der Waals surface area contributed by atoms with Crippen LogP contribution in [-0.4, -0.2) is 76.1 Å². The van der Waals surface area contributed by atoms with E-state index < -0.39 is 0 Å². The lowest BCUT2D eigenvalue weighted by molar-refractivity contribution is -0.125. The van der Waals surface area contributed by atoms with Crippen molar-refractivity contribution in [3.63, 3.8) is 0 Å². The van der Waals surface area contributed by atoms with Crippen LogP contribution in [0.15, 0.2) is 54.9 Å². The van der Waals surface area contributed by atoms with E-state index in [1.165, 1.54) is 6.33 Å². The smallest absolute Gasteiger partial charge is 0.246 e. The molecule has 3 aromatic heterocycles. The Bertz CT molecular complexity index is 1790. The Morgan fingerprint density at radius 3 is 2.67 bits per heavy atom. The molecule has 10 heteroatoms. The minimum atomic E-state index is 0.0744. The number of carbonyl (C=O) groups is 1. The number of benzene rings is 1. The molecule has 2 N–H and O–H groups in total. The number of ether oxygens (including phenoxy) is 2. The van der Waals surface area contributed by atoms with Gasteiger partial charge in [-0.3, -0.25) is 4.79 Å². The molecular formula is C33H35N7O3. The zero-order valence-electron chi connectivity index (χ0n) is 25.0. The standard InChI is InChI=1S/C33H35N7O3/c1-20-8-6-9-28(37-20)43-26-14-11-21(16-27(26)42-5)30-25(39(4)33-31(30)32(34)35-19-36-33)13-12-22-23-17-40(18-24(22)23)29(41)10-7-15-38(2)3/h6-11,14,16,19,22-24H,15,17-18H2,1-5H3,(H2,34,35,36)/b10-7+/t22-,23-,24+. The van der Waals surface area contributed by atoms with E-state index >= 15 is 0 Å². The molecular weight excluding hydrogens is 542 g/mol. The molecule has 1 saturated carbocycles. The fraction of sp³-hybridized carbons (Fsp3) is 0.333. The highest BCUT2D eigenvalue weighted by atomic mass is 16.5. The summed E-state index contributed by atoms with van der Waals surface area (Å²) in [5.41, 5.74) is 10.5. The van der Waals surface area contributed by atoms with Crippen LogP contribution in [0.5, 0.6) is 17.4 Å². The summed E-state index contributed by atoms with van der Waals surface area (Å²) in [6.45, 7) is 4.14. The third-order valence-electron chi connectivity index (χ3n) is 8.12. The number of piperidine rings is 1. The summed E-state index contributed by atoms with van der Waals surface area (Å²) in [4.78, 5) is 29.8. The number of nitrogen functional groups attached to an aromatic ring is 1. The molecule has 0 unspecified atom stereocenters. The third kappa shape index (κ3) is 5.51. The van der Waals surface area contributed by atoms with E-state index in [9.17, 15) is 4.79 Å². The summed E-state index contributed by atoms with van der Waals surface area (Å²) in [6.07, 6.45) is 5.06. The quantitative estimate of drug-likeness (QED) is 0.260. The first-order valence-corrected chi connectivity index (χ1v) is 14.3. The first-order chi connectivity index (χ1) is 20.7. The maximum Gasteiger partial charge on any atom is 0.246 e. The molecule has 1 saturated heterocycles. The van der Waals surface area contributed by atoms with E-state index in [4.69, 9.17) is 15.2 Å². The Hall–Kier alpha value is -4.88. The highest BCUT2D eigenvalue weighted by Gasteiger charge is 2.55. The average molecular weight is 578 g/mol. The van der Waals surface area contributed by atoms with Gasteiger partial charge in [0.15, 0.2) is 11.5 Å². The summed E-state index contributed by atoms with van der Waals surface area (Å²) >= 11 is 0. The van der Waals surface area contributed by atoms with Crippen molar-refractivity contribution in [3.8, 4) is 40.3 Å². The van der Waals surface area contributed by atoms with E-state index in [-0.39, 0.29) is 11.8 Å². The number of likely N-dealkylation sites (tertiary alicyclic amines) is 1. The third-order valence-corrected chi connectivity index (χ3v) is 8.12. The zero-order chi connectivity index (χ0) is 30.2. The van der Waals surface area contributed by atoms with Crippen molar-refractivity contribution < 1.29 is 14.3 Å². The summed E-state index contributed by atoms with van der Waals surface area (Å²) in [6, 6.07) is 11.3. The number of methoxy groups -OCH3 is 1. The van der Waals surface area contributed by atoms with Crippen LogP contribution < -0.4 is 15.2 Å². The van der Waals surface area contributed by atoms with E-state index in [0.29, 0.717) is 40.7 Å². The van der Waals surface area contributed by atoms with Gasteiger partial charge in [0, 0.05) is 56.0 Å². The van der Waals surface area contributed by atoms with Crippen molar-refractivity contribution in [1.29, 1.82) is 0 Å². The maximum atomic E-state index is 12.6. The highest BCUT2D eigenvalue weighted by molar-refractivity contribution is 6.03. The number of amides is 1. The lowest BCUT2D eigenvalue weighted by Gasteiger charge is -2.16. The zero-order valence-corrected chi connectivity index (χ0v) is 25.0. The molecule has 0 bridgehead atoms. The monoisotopic (exact) mass is 577 g/mol. The fourth-order valence-electron chi connectivity index (χ4n) is 5.84. The number of likely N-dealkylation sites (N-methyl/N-ethyl adjacent to an activating group) is 1. The number of rotatable bonds is 7. The molecule has 43 heavy (non-hydrogen) atoms. The van der Waals surface area contributed by atoms with Gasteiger partial charge < -0.3 is 29.6 Å². The van der Waals surface area contributed by atoms with E-state index in [1.807, 2.05) is 78.8 Å². The van der Waals surface area contributed by atoms with Gasteiger partial charge in [-0.05, 0) is 62.5 Å². The molecule has 0 radical (unpaired) electrons. The number of nitrogens with zero attached hydrogens (tertiary/aromatic N) is 6. The Balaban J connectivity index is 1.29. The number of nitrogens with two attached hydrogens (primary N) is 1. The first kappa shape index (κ1) is 28.2. The van der Waals surface area contributed by atoms with Gasteiger partial charge in [-0.2, -0.15) is 0 Å². The second kappa shape index (κ2) is 11.4. The van der Waals surface area contributed by atoms with Gasteiger partial charge in [-0.15, -0.1) is 0 Å². The van der Waals surface area contributed by atoms with Gasteiger partial charge in [0.25, 0.3) is 0 Å². The van der Waals surface area contributed by atoms with Crippen molar-refractivity contribution in [1.82, 2.24) is 29.3 Å². The molecule has 6 rings (SSSR count). The lowest BCUT2D eigenvalue weighted by Crippen LogP contribution is -2.30. The Kier molecular flexibility index (Phi) is 7.50. The normalized spacial score (nSPS) is 19.0. The molecule has 10 nitrogen and oxygen atoms in total. The molecule has 4 heterocycles. The van der Waals surface area contributed by atoms with Crippen LogP contribution in [0, 0.1) is 36.5 Å². The van der Waals surface area contributed by atoms with Crippen LogP contribution in [0.2, 0.25) is 0 Å². The number of pyridine rings is 1. The minimum Gasteiger partial charge on any atom is -0.493 e. The van der Waals surface area contributed by atoms with Crippen LogP contribution in [0.25, 0.3) is 22.2 Å². The van der Waals surface area contributed by atoms with Crippen LogP contribution in [-0.2, 0) is 11.8 Å². The van der Waals surface area contributed by atoms with Crippen molar-refractivity contribution in [3.05, 3.63) is 66.3 Å². The number of fused-ring (bicyclic) bond motifs is 2. The summed E-state index contributed by atoms with van der Waals surface area (Å²) in [5.74, 6) is 10.1. The molecule has 2 aliphatic rings. The van der Waals surface area contributed by atoms with Crippen molar-refractivity contribution in [2.45, 2.75) is 6.92 Å². The molecule has 1 amide bonds. The van der Waals surface area contributed by atoms with Gasteiger partial charge in [-0.25, -0.2) is 15.0 Å². The van der Waals surface area contributed by atoms with Crippen molar-refractivity contribution in [2.24, 2.45) is 24.8 Å². The van der Waals surface area contributed by atoms with Crippen LogP contribution in [0.3, 0.4) is 0 Å². The second-order valence-corrected chi connectivity index (χ2v) is 11.4. The molecule has 3 atom stereocenters. The van der Waals surface area contributed by atoms with Crippen molar-refractivity contribution in [2.75, 3.05) is 46.6 Å². The summed E-state index contributed by atoms with van der Waals surface area (Å²) in [5, 5.41) is 0.739. The molecule has 220 valence electrons. The Morgan fingerprint density at radius 1 is 1.16 bits per heavy atom. The highest BCUT2D eigenvalue weighted by Crippen LogP contribution is 2.51. The molecule has 1 aromatic carbocycles.